The van der Waals surface area contributed by atoms with Crippen LogP contribution in [0.4, 0.5) is 5.69 Å². The molecule has 144 valence electrons. The molecule has 0 spiro atoms. The maximum absolute atomic E-state index is 13.2. The van der Waals surface area contributed by atoms with Gasteiger partial charge in [0, 0.05) is 31.6 Å². The van der Waals surface area contributed by atoms with Crippen LogP contribution >= 0.6 is 23.2 Å². The summed E-state index contributed by atoms with van der Waals surface area (Å²) in [5.41, 5.74) is 2.11. The molecule has 2 heterocycles. The number of rotatable bonds is 5. The minimum Gasteiger partial charge on any atom is -0.356 e. The van der Waals surface area contributed by atoms with Gasteiger partial charge in [-0.25, -0.2) is 0 Å². The molecule has 8 heteroatoms. The van der Waals surface area contributed by atoms with E-state index in [2.05, 4.69) is 10.4 Å². The fraction of sp³-hybridized carbons (Fsp3) is 0.421. The van der Waals surface area contributed by atoms with Crippen LogP contribution < -0.4 is 10.2 Å². The van der Waals surface area contributed by atoms with E-state index in [0.29, 0.717) is 46.7 Å². The number of aromatic nitrogens is 2. The van der Waals surface area contributed by atoms with Gasteiger partial charge in [-0.05, 0) is 43.9 Å². The first-order chi connectivity index (χ1) is 12.9. The van der Waals surface area contributed by atoms with E-state index >= 15 is 0 Å². The Morgan fingerprint density at radius 2 is 2.15 bits per heavy atom. The predicted molar refractivity (Wildman–Crippen MR) is 107 cm³/mol. The summed E-state index contributed by atoms with van der Waals surface area (Å²) in [7, 11) is 0. The lowest BCUT2D eigenvalue weighted by atomic mass is 9.94. The maximum atomic E-state index is 13.2. The van der Waals surface area contributed by atoms with Crippen molar-refractivity contribution in [2.75, 3.05) is 18.0 Å². The van der Waals surface area contributed by atoms with Crippen molar-refractivity contribution in [2.45, 2.75) is 33.2 Å². The van der Waals surface area contributed by atoms with Crippen LogP contribution in [-0.2, 0) is 17.8 Å². The molecule has 6 nitrogen and oxygen atoms in total. The summed E-state index contributed by atoms with van der Waals surface area (Å²) in [4.78, 5) is 26.1. The normalized spacial score (nSPS) is 15.9. The Kier molecular flexibility index (Phi) is 6.07. The number of fused-ring (bicyclic) bond motifs is 1. The van der Waals surface area contributed by atoms with Crippen LogP contribution in [0.5, 0.6) is 0 Å². The average molecular weight is 409 g/mol. The van der Waals surface area contributed by atoms with Crippen molar-refractivity contribution >= 4 is 40.7 Å². The lowest BCUT2D eigenvalue weighted by molar-refractivity contribution is -0.119. The smallest absolute Gasteiger partial charge is 0.261 e. The number of carbonyl (C=O) groups excluding carboxylic acids is 2. The standard InChI is InChI=1S/C19H22Cl2N4O2/c1-3-24(17-5-4-14(20)9-16(17)21)19(27)15-11-23-25-7-6-13(8-18(15)25)10-22-12(2)26/h4-5,9,11,13H,3,6-8,10H2,1-2H3,(H,22,26). The Labute approximate surface area is 168 Å². The summed E-state index contributed by atoms with van der Waals surface area (Å²) in [5, 5.41) is 8.20. The molecule has 0 saturated carbocycles. The summed E-state index contributed by atoms with van der Waals surface area (Å²) in [6.07, 6.45) is 3.25. The summed E-state index contributed by atoms with van der Waals surface area (Å²) < 4.78 is 1.88. The van der Waals surface area contributed by atoms with Crippen LogP contribution in [0.2, 0.25) is 10.0 Å². The van der Waals surface area contributed by atoms with Crippen LogP contribution in [0.25, 0.3) is 0 Å². The maximum Gasteiger partial charge on any atom is 0.261 e. The number of carbonyl (C=O) groups is 2. The molecular weight excluding hydrogens is 387 g/mol. The Morgan fingerprint density at radius 3 is 2.81 bits per heavy atom. The molecule has 2 aromatic rings. The fourth-order valence-electron chi connectivity index (χ4n) is 3.41. The van der Waals surface area contributed by atoms with Crippen molar-refractivity contribution in [2.24, 2.45) is 5.92 Å². The molecule has 1 aliphatic heterocycles. The molecule has 0 aliphatic carbocycles. The van der Waals surface area contributed by atoms with Gasteiger partial charge in [0.15, 0.2) is 0 Å². The van der Waals surface area contributed by atoms with Crippen molar-refractivity contribution in [3.8, 4) is 0 Å². The third-order valence-corrected chi connectivity index (χ3v) is 5.35. The highest BCUT2D eigenvalue weighted by Crippen LogP contribution is 2.31. The van der Waals surface area contributed by atoms with Gasteiger partial charge in [-0.15, -0.1) is 0 Å². The number of anilines is 1. The lowest BCUT2D eigenvalue weighted by Gasteiger charge is -2.26. The van der Waals surface area contributed by atoms with Gasteiger partial charge in [0.05, 0.1) is 28.2 Å². The zero-order chi connectivity index (χ0) is 19.6. The number of hydrogen-bond donors (Lipinski definition) is 1. The molecule has 0 bridgehead atoms. The SMILES string of the molecule is CCN(C(=O)c1cnn2c1CC(CNC(C)=O)CC2)c1ccc(Cl)cc1Cl. The highest BCUT2D eigenvalue weighted by Gasteiger charge is 2.28. The van der Waals surface area contributed by atoms with Gasteiger partial charge in [0.25, 0.3) is 5.91 Å². The number of nitrogens with zero attached hydrogens (tertiary/aromatic N) is 3. The molecule has 0 radical (unpaired) electrons. The molecule has 1 N–H and O–H groups in total. The van der Waals surface area contributed by atoms with E-state index in [0.717, 1.165) is 18.7 Å². The number of hydrogen-bond acceptors (Lipinski definition) is 3. The van der Waals surface area contributed by atoms with Crippen molar-refractivity contribution in [3.63, 3.8) is 0 Å². The number of aryl methyl sites for hydroxylation is 1. The molecule has 1 aromatic carbocycles. The van der Waals surface area contributed by atoms with Crippen LogP contribution in [0, 0.1) is 5.92 Å². The second-order valence-corrected chi connectivity index (χ2v) is 7.51. The van der Waals surface area contributed by atoms with Gasteiger partial charge in [0.1, 0.15) is 0 Å². The van der Waals surface area contributed by atoms with Crippen molar-refractivity contribution in [1.82, 2.24) is 15.1 Å². The second kappa shape index (κ2) is 8.31. The van der Waals surface area contributed by atoms with E-state index in [1.807, 2.05) is 11.6 Å². The number of amides is 2. The first-order valence-corrected chi connectivity index (χ1v) is 9.72. The Balaban J connectivity index is 1.85. The first-order valence-electron chi connectivity index (χ1n) is 8.96. The molecule has 1 unspecified atom stereocenters. The highest BCUT2D eigenvalue weighted by atomic mass is 35.5. The van der Waals surface area contributed by atoms with E-state index in [1.165, 1.54) is 6.92 Å². The molecule has 1 aromatic heterocycles. The van der Waals surface area contributed by atoms with Gasteiger partial charge in [-0.2, -0.15) is 5.10 Å². The number of halogens is 2. The second-order valence-electron chi connectivity index (χ2n) is 6.67. The first kappa shape index (κ1) is 19.7. The molecule has 1 aliphatic rings. The molecule has 0 fully saturated rings. The van der Waals surface area contributed by atoms with Crippen molar-refractivity contribution in [1.29, 1.82) is 0 Å². The van der Waals surface area contributed by atoms with Gasteiger partial charge >= 0.3 is 0 Å². The van der Waals surface area contributed by atoms with Crippen LogP contribution in [0.1, 0.15) is 36.3 Å². The Hall–Kier alpha value is -2.05. The lowest BCUT2D eigenvalue weighted by Crippen LogP contribution is -2.34. The van der Waals surface area contributed by atoms with E-state index in [1.54, 1.807) is 29.3 Å². The molecule has 1 atom stereocenters. The van der Waals surface area contributed by atoms with Gasteiger partial charge < -0.3 is 10.2 Å². The molecule has 27 heavy (non-hydrogen) atoms. The van der Waals surface area contributed by atoms with Crippen LogP contribution in [-0.4, -0.2) is 34.7 Å². The summed E-state index contributed by atoms with van der Waals surface area (Å²) in [6.45, 7) is 5.23. The third-order valence-electron chi connectivity index (χ3n) is 4.81. The van der Waals surface area contributed by atoms with Crippen LogP contribution in [0.15, 0.2) is 24.4 Å². The summed E-state index contributed by atoms with van der Waals surface area (Å²) in [6, 6.07) is 5.10. The molecule has 3 rings (SSSR count). The van der Waals surface area contributed by atoms with E-state index in [9.17, 15) is 9.59 Å². The van der Waals surface area contributed by atoms with Gasteiger partial charge in [-0.1, -0.05) is 23.2 Å². The quantitative estimate of drug-likeness (QED) is 0.821. The monoisotopic (exact) mass is 408 g/mol. The average Bonchev–Trinajstić information content (AvgIpc) is 3.05. The zero-order valence-corrected chi connectivity index (χ0v) is 16.8. The fourth-order valence-corrected chi connectivity index (χ4v) is 3.92. The van der Waals surface area contributed by atoms with Gasteiger partial charge in [-0.3, -0.25) is 14.3 Å². The topological polar surface area (TPSA) is 67.2 Å². The molecule has 2 amide bonds. The Morgan fingerprint density at radius 1 is 1.37 bits per heavy atom. The third kappa shape index (κ3) is 4.28. The molecule has 0 saturated heterocycles. The number of nitrogens with one attached hydrogen (secondary N) is 1. The molecular formula is C19H22Cl2N4O2. The summed E-state index contributed by atoms with van der Waals surface area (Å²) >= 11 is 12.3. The van der Waals surface area contributed by atoms with E-state index in [4.69, 9.17) is 23.2 Å². The zero-order valence-electron chi connectivity index (χ0n) is 15.3. The van der Waals surface area contributed by atoms with E-state index < -0.39 is 0 Å². The highest BCUT2D eigenvalue weighted by molar-refractivity contribution is 6.37. The van der Waals surface area contributed by atoms with Crippen molar-refractivity contribution < 1.29 is 9.59 Å². The summed E-state index contributed by atoms with van der Waals surface area (Å²) in [5.74, 6) is 0.113. The minimum absolute atomic E-state index is 0.0417. The largest absolute Gasteiger partial charge is 0.356 e. The van der Waals surface area contributed by atoms with E-state index in [-0.39, 0.29) is 11.8 Å². The number of benzene rings is 1. The predicted octanol–water partition coefficient (Wildman–Crippen LogP) is 3.56. The Bertz CT molecular complexity index is 865. The van der Waals surface area contributed by atoms with Crippen LogP contribution in [0.3, 0.4) is 0 Å². The minimum atomic E-state index is -0.136. The van der Waals surface area contributed by atoms with Gasteiger partial charge in [0.2, 0.25) is 5.91 Å². The van der Waals surface area contributed by atoms with Crippen molar-refractivity contribution in [3.05, 3.63) is 45.7 Å².